The number of alkyl halides is 3. The number of ether oxygens (including phenoxy) is 1. The Morgan fingerprint density at radius 2 is 1.68 bits per heavy atom. The first-order chi connectivity index (χ1) is 15.8. The Hall–Kier alpha value is -3.73. The molecule has 3 rings (SSSR count). The van der Waals surface area contributed by atoms with Crippen molar-refractivity contribution in [3.05, 3.63) is 77.4 Å². The highest BCUT2D eigenvalue weighted by Crippen LogP contribution is 2.39. The number of benzene rings is 3. The molecule has 34 heavy (non-hydrogen) atoms. The van der Waals surface area contributed by atoms with Gasteiger partial charge in [-0.15, -0.1) is 0 Å². The first-order valence-corrected chi connectivity index (χ1v) is 11.6. The van der Waals surface area contributed by atoms with Gasteiger partial charge in [0.25, 0.3) is 0 Å². The average molecular weight is 495 g/mol. The summed E-state index contributed by atoms with van der Waals surface area (Å²) in [5.41, 5.74) is -0.489. The highest BCUT2D eigenvalue weighted by Gasteiger charge is 2.36. The number of aromatic hydroxyl groups is 1. The van der Waals surface area contributed by atoms with Crippen molar-refractivity contribution in [3.8, 4) is 22.6 Å². The Labute approximate surface area is 193 Å². The molecule has 0 aliphatic carbocycles. The molecule has 0 heterocycles. The van der Waals surface area contributed by atoms with Crippen molar-refractivity contribution in [2.24, 2.45) is 0 Å². The van der Waals surface area contributed by atoms with Crippen molar-refractivity contribution in [1.82, 2.24) is 0 Å². The van der Waals surface area contributed by atoms with Gasteiger partial charge in [0.2, 0.25) is 10.0 Å². The monoisotopic (exact) mass is 495 g/mol. The van der Waals surface area contributed by atoms with Gasteiger partial charge in [0, 0.05) is 12.6 Å². The summed E-state index contributed by atoms with van der Waals surface area (Å²) >= 11 is 0. The number of halogens is 3. The summed E-state index contributed by atoms with van der Waals surface area (Å²) in [6, 6.07) is 14.9. The summed E-state index contributed by atoms with van der Waals surface area (Å²) in [4.78, 5) is 11.4. The Morgan fingerprint density at radius 1 is 1.03 bits per heavy atom. The Balaban J connectivity index is 1.81. The van der Waals surface area contributed by atoms with Crippen LogP contribution in [0.15, 0.2) is 60.7 Å². The number of rotatable bonds is 7. The van der Waals surface area contributed by atoms with E-state index in [0.29, 0.717) is 17.5 Å². The summed E-state index contributed by atoms with van der Waals surface area (Å²) < 4.78 is 69.1. The van der Waals surface area contributed by atoms with Gasteiger partial charge in [-0.25, -0.2) is 13.2 Å². The molecule has 11 heteroatoms. The number of aromatic carboxylic acids is 1. The molecule has 0 amide bonds. The van der Waals surface area contributed by atoms with Crippen LogP contribution in [0.3, 0.4) is 0 Å². The van der Waals surface area contributed by atoms with Crippen molar-refractivity contribution in [3.63, 3.8) is 0 Å². The second-order valence-electron chi connectivity index (χ2n) is 7.39. The molecule has 7 nitrogen and oxygen atoms in total. The van der Waals surface area contributed by atoms with Crippen LogP contribution in [0.4, 0.5) is 18.9 Å². The van der Waals surface area contributed by atoms with Gasteiger partial charge in [0.1, 0.15) is 23.7 Å². The third-order valence-corrected chi connectivity index (χ3v) is 6.28. The first-order valence-electron chi connectivity index (χ1n) is 9.71. The zero-order chi connectivity index (χ0) is 25.3. The molecule has 180 valence electrons. The number of carboxylic acid groups (broad SMARTS) is 1. The van der Waals surface area contributed by atoms with E-state index in [1.54, 1.807) is 48.5 Å². The smallest absolute Gasteiger partial charge is 0.419 e. The van der Waals surface area contributed by atoms with Crippen LogP contribution in [-0.4, -0.2) is 37.9 Å². The van der Waals surface area contributed by atoms with Gasteiger partial charge < -0.3 is 14.9 Å². The Bertz CT molecular complexity index is 1320. The molecule has 0 fully saturated rings. The SMILES string of the molecule is CN(c1cccc(-c2ccc(OCc3ccc(C(F)(F)F)c(O)c3C(=O)O)cc2)c1)S(C)(=O)=O. The molecule has 0 bridgehead atoms. The maximum absolute atomic E-state index is 13.0. The van der Waals surface area contributed by atoms with E-state index < -0.39 is 39.0 Å². The lowest BCUT2D eigenvalue weighted by Crippen LogP contribution is -2.24. The van der Waals surface area contributed by atoms with Crippen LogP contribution in [0.1, 0.15) is 21.5 Å². The minimum absolute atomic E-state index is 0.126. The standard InChI is InChI=1S/C23H20F3NO6S/c1-27(34(2,31)32)17-5-3-4-15(12-17)14-6-9-18(10-7-14)33-13-16-8-11-19(23(24,25)26)21(28)20(16)22(29)30/h3-12,28H,13H2,1-2H3,(H,29,30). The van der Waals surface area contributed by atoms with E-state index in [2.05, 4.69) is 0 Å². The fourth-order valence-corrected chi connectivity index (χ4v) is 3.69. The normalized spacial score (nSPS) is 11.8. The van der Waals surface area contributed by atoms with E-state index in [4.69, 9.17) is 4.74 Å². The molecule has 2 N–H and O–H groups in total. The predicted octanol–water partition coefficient (Wildman–Crippen LogP) is 4.75. The zero-order valence-corrected chi connectivity index (χ0v) is 18.8. The third kappa shape index (κ3) is 5.42. The molecule has 0 saturated heterocycles. The number of carboxylic acids is 1. The van der Waals surface area contributed by atoms with Crippen molar-refractivity contribution in [2.45, 2.75) is 12.8 Å². The number of hydrogen-bond donors (Lipinski definition) is 2. The van der Waals surface area contributed by atoms with Gasteiger partial charge in [-0.1, -0.05) is 30.3 Å². The molecule has 0 aliphatic heterocycles. The van der Waals surface area contributed by atoms with Gasteiger partial charge in [0.05, 0.1) is 17.5 Å². The number of anilines is 1. The fraction of sp³-hybridized carbons (Fsp3) is 0.174. The Kier molecular flexibility index (Phi) is 6.78. The van der Waals surface area contributed by atoms with Crippen LogP contribution in [0.2, 0.25) is 0 Å². The highest BCUT2D eigenvalue weighted by molar-refractivity contribution is 7.92. The van der Waals surface area contributed by atoms with Gasteiger partial charge in [-0.2, -0.15) is 13.2 Å². The molecular formula is C23H20F3NO6S. The second-order valence-corrected chi connectivity index (χ2v) is 9.41. The lowest BCUT2D eigenvalue weighted by molar-refractivity contribution is -0.138. The van der Waals surface area contributed by atoms with Gasteiger partial charge in [-0.3, -0.25) is 4.31 Å². The van der Waals surface area contributed by atoms with Crippen LogP contribution in [0, 0.1) is 0 Å². The maximum atomic E-state index is 13.0. The summed E-state index contributed by atoms with van der Waals surface area (Å²) in [7, 11) is -1.99. The largest absolute Gasteiger partial charge is 0.506 e. The van der Waals surface area contributed by atoms with Gasteiger partial charge in [-0.05, 0) is 41.5 Å². The number of phenols is 1. The summed E-state index contributed by atoms with van der Waals surface area (Å²) in [6.07, 6.45) is -3.81. The molecule has 3 aromatic carbocycles. The quantitative estimate of drug-likeness (QED) is 0.490. The predicted molar refractivity (Wildman–Crippen MR) is 120 cm³/mol. The van der Waals surface area contributed by atoms with Crippen LogP contribution in [0.25, 0.3) is 11.1 Å². The molecule has 0 saturated carbocycles. The van der Waals surface area contributed by atoms with Crippen LogP contribution >= 0.6 is 0 Å². The average Bonchev–Trinajstić information content (AvgIpc) is 2.75. The summed E-state index contributed by atoms with van der Waals surface area (Å²) in [5.74, 6) is -2.77. The van der Waals surface area contributed by atoms with Crippen LogP contribution in [-0.2, 0) is 22.8 Å². The molecule has 0 spiro atoms. The first kappa shape index (κ1) is 24.9. The molecule has 0 unspecified atom stereocenters. The second kappa shape index (κ2) is 9.26. The maximum Gasteiger partial charge on any atom is 0.419 e. The summed E-state index contributed by atoms with van der Waals surface area (Å²) in [6.45, 7) is -0.388. The molecule has 0 aromatic heterocycles. The third-order valence-electron chi connectivity index (χ3n) is 5.07. The minimum Gasteiger partial charge on any atom is -0.506 e. The van der Waals surface area contributed by atoms with Crippen molar-refractivity contribution < 1.29 is 41.3 Å². The fourth-order valence-electron chi connectivity index (χ4n) is 3.20. The number of sulfonamides is 1. The molecule has 0 radical (unpaired) electrons. The van der Waals surface area contributed by atoms with E-state index in [0.717, 1.165) is 27.8 Å². The minimum atomic E-state index is -4.91. The highest BCUT2D eigenvalue weighted by atomic mass is 32.2. The van der Waals surface area contributed by atoms with E-state index in [-0.39, 0.29) is 12.2 Å². The van der Waals surface area contributed by atoms with Crippen molar-refractivity contribution in [1.29, 1.82) is 0 Å². The van der Waals surface area contributed by atoms with Crippen LogP contribution in [0.5, 0.6) is 11.5 Å². The van der Waals surface area contributed by atoms with Crippen molar-refractivity contribution in [2.75, 3.05) is 17.6 Å². The lowest BCUT2D eigenvalue weighted by Gasteiger charge is -2.17. The van der Waals surface area contributed by atoms with E-state index in [1.165, 1.54) is 7.05 Å². The number of nitrogens with zero attached hydrogens (tertiary/aromatic N) is 1. The summed E-state index contributed by atoms with van der Waals surface area (Å²) in [5, 5.41) is 19.1. The topological polar surface area (TPSA) is 104 Å². The molecule has 0 atom stereocenters. The zero-order valence-electron chi connectivity index (χ0n) is 18.0. The number of carbonyl (C=O) groups is 1. The van der Waals surface area contributed by atoms with Gasteiger partial charge in [0.15, 0.2) is 0 Å². The number of hydrogen-bond acceptors (Lipinski definition) is 5. The molecular weight excluding hydrogens is 475 g/mol. The van der Waals surface area contributed by atoms with E-state index >= 15 is 0 Å². The lowest BCUT2D eigenvalue weighted by atomic mass is 10.0. The van der Waals surface area contributed by atoms with Crippen molar-refractivity contribution >= 4 is 21.7 Å². The van der Waals surface area contributed by atoms with E-state index in [1.807, 2.05) is 0 Å². The molecule has 0 aliphatic rings. The van der Waals surface area contributed by atoms with Gasteiger partial charge >= 0.3 is 12.1 Å². The van der Waals surface area contributed by atoms with Crippen LogP contribution < -0.4 is 9.04 Å². The van der Waals surface area contributed by atoms with E-state index in [9.17, 15) is 36.6 Å². The Morgan fingerprint density at radius 3 is 2.24 bits per heavy atom. The molecule has 3 aromatic rings.